The van der Waals surface area contributed by atoms with Crippen LogP contribution in [0.25, 0.3) is 0 Å². The minimum Gasteiger partial charge on any atom is -0.455 e. The van der Waals surface area contributed by atoms with E-state index in [4.69, 9.17) is 15.1 Å². The zero-order valence-corrected chi connectivity index (χ0v) is 12.9. The lowest BCUT2D eigenvalue weighted by Gasteiger charge is -2.18. The van der Waals surface area contributed by atoms with Gasteiger partial charge in [0.1, 0.15) is 10.7 Å². The number of hydrogen-bond donors (Lipinski definition) is 1. The Morgan fingerprint density at radius 2 is 2.05 bits per heavy atom. The van der Waals surface area contributed by atoms with E-state index in [1.807, 2.05) is 20.8 Å². The Hall–Kier alpha value is -1.01. The third kappa shape index (κ3) is 3.98. The van der Waals surface area contributed by atoms with Crippen LogP contribution in [-0.4, -0.2) is 20.4 Å². The summed E-state index contributed by atoms with van der Waals surface area (Å²) in [5.74, 6) is -0.0677. The molecule has 108 valence electrons. The van der Waals surface area contributed by atoms with Gasteiger partial charge in [-0.3, -0.25) is 4.79 Å². The van der Waals surface area contributed by atoms with Gasteiger partial charge in [-0.25, -0.2) is 8.42 Å². The third-order valence-electron chi connectivity index (χ3n) is 3.21. The van der Waals surface area contributed by atoms with Crippen LogP contribution in [0.4, 0.5) is 0 Å². The number of rotatable bonds is 5. The molecule has 2 unspecified atom stereocenters. The van der Waals surface area contributed by atoms with Crippen molar-refractivity contribution in [3.8, 4) is 0 Å². The summed E-state index contributed by atoms with van der Waals surface area (Å²) in [5.41, 5.74) is 0. The van der Waals surface area contributed by atoms with E-state index >= 15 is 0 Å². The summed E-state index contributed by atoms with van der Waals surface area (Å²) in [4.78, 5) is 11.8. The number of aryl methyl sites for hydroxylation is 1. The number of carbonyl (C=O) groups is 1. The highest BCUT2D eigenvalue weighted by atomic mass is 35.7. The van der Waals surface area contributed by atoms with Gasteiger partial charge < -0.3 is 9.73 Å². The van der Waals surface area contributed by atoms with Gasteiger partial charge in [0.15, 0.2) is 5.76 Å². The molecule has 0 radical (unpaired) electrons. The first-order valence-corrected chi connectivity index (χ1v) is 8.33. The quantitative estimate of drug-likeness (QED) is 0.848. The van der Waals surface area contributed by atoms with Gasteiger partial charge in [0.05, 0.1) is 0 Å². The molecule has 1 amide bonds. The third-order valence-corrected chi connectivity index (χ3v) is 4.64. The molecule has 0 saturated heterocycles. The molecule has 0 bridgehead atoms. The summed E-state index contributed by atoms with van der Waals surface area (Å²) in [5, 5.41) is 2.77. The van der Waals surface area contributed by atoms with E-state index in [0.717, 1.165) is 12.5 Å². The van der Waals surface area contributed by atoms with Crippen LogP contribution in [0.5, 0.6) is 0 Å². The van der Waals surface area contributed by atoms with Crippen LogP contribution in [0.3, 0.4) is 0 Å². The lowest BCUT2D eigenvalue weighted by molar-refractivity contribution is 0.0898. The molecule has 0 aliphatic heterocycles. The Morgan fingerprint density at radius 1 is 1.47 bits per heavy atom. The van der Waals surface area contributed by atoms with Crippen molar-refractivity contribution in [3.63, 3.8) is 0 Å². The maximum Gasteiger partial charge on any atom is 0.287 e. The smallest absolute Gasteiger partial charge is 0.287 e. The molecule has 1 rings (SSSR count). The number of amides is 1. The van der Waals surface area contributed by atoms with E-state index in [9.17, 15) is 13.2 Å². The molecule has 0 fully saturated rings. The average molecular weight is 308 g/mol. The molecule has 19 heavy (non-hydrogen) atoms. The Bertz CT molecular complexity index is 564. The first kappa shape index (κ1) is 16.0. The van der Waals surface area contributed by atoms with Crippen LogP contribution in [-0.2, 0) is 9.05 Å². The predicted octanol–water partition coefficient (Wildman–Crippen LogP) is 2.68. The van der Waals surface area contributed by atoms with Gasteiger partial charge in [0, 0.05) is 22.8 Å². The molecule has 1 aromatic heterocycles. The largest absolute Gasteiger partial charge is 0.455 e. The van der Waals surface area contributed by atoms with Crippen LogP contribution >= 0.6 is 10.7 Å². The van der Waals surface area contributed by atoms with Gasteiger partial charge >= 0.3 is 0 Å². The second-order valence-corrected chi connectivity index (χ2v) is 7.15. The molecular weight excluding hydrogens is 290 g/mol. The van der Waals surface area contributed by atoms with Crippen molar-refractivity contribution in [2.24, 2.45) is 5.92 Å². The highest BCUT2D eigenvalue weighted by Gasteiger charge is 2.23. The maximum absolute atomic E-state index is 11.9. The van der Waals surface area contributed by atoms with Crippen molar-refractivity contribution >= 4 is 25.6 Å². The van der Waals surface area contributed by atoms with Gasteiger partial charge in [0.25, 0.3) is 15.0 Å². The average Bonchev–Trinajstić information content (AvgIpc) is 2.69. The van der Waals surface area contributed by atoms with Gasteiger partial charge in [-0.15, -0.1) is 0 Å². The van der Waals surface area contributed by atoms with E-state index < -0.39 is 15.0 Å². The molecule has 0 spiro atoms. The van der Waals surface area contributed by atoms with Gasteiger partial charge in [0.2, 0.25) is 0 Å². The number of halogens is 1. The van der Waals surface area contributed by atoms with Gasteiger partial charge in [-0.05, 0) is 19.8 Å². The van der Waals surface area contributed by atoms with Crippen LogP contribution in [0, 0.1) is 12.8 Å². The number of hydrogen-bond acceptors (Lipinski definition) is 4. The van der Waals surface area contributed by atoms with Crippen LogP contribution < -0.4 is 5.32 Å². The zero-order valence-electron chi connectivity index (χ0n) is 11.4. The summed E-state index contributed by atoms with van der Waals surface area (Å²) in [6.45, 7) is 7.39. The first-order chi connectivity index (χ1) is 8.66. The second-order valence-electron chi connectivity index (χ2n) is 4.62. The minimum atomic E-state index is -3.90. The number of furan rings is 1. The van der Waals surface area contributed by atoms with Crippen LogP contribution in [0.2, 0.25) is 0 Å². The van der Waals surface area contributed by atoms with Crippen LogP contribution in [0.15, 0.2) is 15.4 Å². The topological polar surface area (TPSA) is 76.4 Å². The minimum absolute atomic E-state index is 0.0287. The molecule has 1 N–H and O–H groups in total. The molecule has 2 atom stereocenters. The summed E-state index contributed by atoms with van der Waals surface area (Å²) in [6, 6.07) is 1.12. The zero-order chi connectivity index (χ0) is 14.8. The Balaban J connectivity index is 2.91. The molecule has 1 heterocycles. The SMILES string of the molecule is CCC(C)C(C)NC(=O)c1cc(S(=O)(=O)Cl)c(C)o1. The maximum atomic E-state index is 11.9. The fourth-order valence-corrected chi connectivity index (χ4v) is 2.69. The van der Waals surface area contributed by atoms with Crippen LogP contribution in [0.1, 0.15) is 43.5 Å². The first-order valence-electron chi connectivity index (χ1n) is 6.02. The normalized spacial score (nSPS) is 15.0. The van der Waals surface area contributed by atoms with E-state index in [1.165, 1.54) is 6.92 Å². The fraction of sp³-hybridized carbons (Fsp3) is 0.583. The van der Waals surface area contributed by atoms with Gasteiger partial charge in [-0.2, -0.15) is 0 Å². The summed E-state index contributed by atoms with van der Waals surface area (Å²) < 4.78 is 27.6. The van der Waals surface area contributed by atoms with Crippen molar-refractivity contribution in [2.45, 2.75) is 45.1 Å². The molecule has 5 nitrogen and oxygen atoms in total. The Kier molecular flexibility index (Phi) is 5.04. The van der Waals surface area contributed by atoms with Gasteiger partial charge in [-0.1, -0.05) is 20.3 Å². The van der Waals surface area contributed by atoms with Crippen molar-refractivity contribution in [1.29, 1.82) is 0 Å². The molecule has 0 aliphatic carbocycles. The predicted molar refractivity (Wildman–Crippen MR) is 72.9 cm³/mol. The van der Waals surface area contributed by atoms with E-state index in [0.29, 0.717) is 5.92 Å². The second kappa shape index (κ2) is 5.96. The Morgan fingerprint density at radius 3 is 2.47 bits per heavy atom. The van der Waals surface area contributed by atoms with E-state index in [2.05, 4.69) is 5.32 Å². The van der Waals surface area contributed by atoms with Crippen molar-refractivity contribution in [1.82, 2.24) is 5.32 Å². The lowest BCUT2D eigenvalue weighted by Crippen LogP contribution is -2.36. The lowest BCUT2D eigenvalue weighted by atomic mass is 10.0. The summed E-state index contributed by atoms with van der Waals surface area (Å²) in [7, 11) is 1.34. The highest BCUT2D eigenvalue weighted by molar-refractivity contribution is 8.13. The standard InChI is InChI=1S/C12H18ClNO4S/c1-5-7(2)8(3)14-12(15)10-6-11(9(4)18-10)19(13,16)17/h6-8H,5H2,1-4H3,(H,14,15). The number of carbonyl (C=O) groups excluding carboxylic acids is 1. The number of nitrogens with one attached hydrogen (secondary N) is 1. The summed E-state index contributed by atoms with van der Waals surface area (Å²) in [6.07, 6.45) is 0.930. The van der Waals surface area contributed by atoms with Crippen molar-refractivity contribution < 1.29 is 17.6 Å². The molecule has 7 heteroatoms. The molecular formula is C12H18ClNO4S. The Labute approximate surface area is 117 Å². The fourth-order valence-electron chi connectivity index (χ4n) is 1.59. The monoisotopic (exact) mass is 307 g/mol. The summed E-state index contributed by atoms with van der Waals surface area (Å²) >= 11 is 0. The van der Waals surface area contributed by atoms with Crippen molar-refractivity contribution in [2.75, 3.05) is 0 Å². The highest BCUT2D eigenvalue weighted by Crippen LogP contribution is 2.23. The molecule has 0 aromatic carbocycles. The van der Waals surface area contributed by atoms with E-state index in [1.54, 1.807) is 0 Å². The van der Waals surface area contributed by atoms with Crippen molar-refractivity contribution in [3.05, 3.63) is 17.6 Å². The molecule has 0 saturated carbocycles. The molecule has 1 aromatic rings. The molecule has 0 aliphatic rings. The van der Waals surface area contributed by atoms with E-state index in [-0.39, 0.29) is 22.5 Å².